The van der Waals surface area contributed by atoms with E-state index in [9.17, 15) is 13.9 Å². The van der Waals surface area contributed by atoms with Crippen molar-refractivity contribution in [3.05, 3.63) is 60.2 Å². The van der Waals surface area contributed by atoms with Crippen molar-refractivity contribution in [2.24, 2.45) is 0 Å². The topological polar surface area (TPSA) is 54.2 Å². The maximum Gasteiger partial charge on any atom is 0.320 e. The van der Waals surface area contributed by atoms with Crippen LogP contribution in [0.5, 0.6) is 0 Å². The van der Waals surface area contributed by atoms with Gasteiger partial charge in [-0.2, -0.15) is 8.78 Å². The van der Waals surface area contributed by atoms with Crippen molar-refractivity contribution in [2.45, 2.75) is 26.1 Å². The molecule has 1 atom stereocenters. The van der Waals surface area contributed by atoms with Crippen LogP contribution < -0.4 is 0 Å². The minimum absolute atomic E-state index is 0.0699. The highest BCUT2D eigenvalue weighted by atomic mass is 19.3. The molecule has 3 rings (SSSR count). The Balaban J connectivity index is 1.97. The Kier molecular flexibility index (Phi) is 5.35. The number of hydrogen-bond acceptors (Lipinski definition) is 4. The molecule has 0 fully saturated rings. The first-order valence-corrected chi connectivity index (χ1v) is 8.10. The lowest BCUT2D eigenvalue weighted by Gasteiger charge is -2.28. The van der Waals surface area contributed by atoms with Gasteiger partial charge in [0.1, 0.15) is 5.82 Å². The molecular weight excluding hydrogens is 326 g/mol. The number of fused-ring (bicyclic) bond motifs is 1. The molecule has 0 aliphatic heterocycles. The minimum atomic E-state index is -2.68. The van der Waals surface area contributed by atoms with Gasteiger partial charge in [-0.3, -0.25) is 14.5 Å². The highest BCUT2D eigenvalue weighted by Gasteiger charge is 2.25. The predicted molar refractivity (Wildman–Crippen MR) is 91.1 cm³/mol. The number of alkyl halides is 2. The zero-order valence-corrected chi connectivity index (χ0v) is 13.9. The van der Waals surface area contributed by atoms with E-state index in [0.29, 0.717) is 24.1 Å². The van der Waals surface area contributed by atoms with Crippen LogP contribution >= 0.6 is 0 Å². The van der Waals surface area contributed by atoms with Gasteiger partial charge in [0.2, 0.25) is 0 Å². The maximum absolute atomic E-state index is 13.7. The summed E-state index contributed by atoms with van der Waals surface area (Å²) in [6, 6.07) is 10.2. The molecule has 5 nitrogen and oxygen atoms in total. The molecule has 0 aliphatic carbocycles. The van der Waals surface area contributed by atoms with Crippen LogP contribution in [0.25, 0.3) is 11.0 Å². The summed E-state index contributed by atoms with van der Waals surface area (Å²) in [5, 5.41) is 9.40. The Morgan fingerprint density at radius 2 is 2.00 bits per heavy atom. The van der Waals surface area contributed by atoms with E-state index in [-0.39, 0.29) is 12.4 Å². The molecule has 7 heteroatoms. The summed E-state index contributed by atoms with van der Waals surface area (Å²) < 4.78 is 28.3. The third kappa shape index (κ3) is 3.67. The number of para-hydroxylation sites is 2. The molecule has 0 saturated heterocycles. The molecule has 1 aromatic carbocycles. The maximum atomic E-state index is 13.7. The van der Waals surface area contributed by atoms with E-state index in [1.807, 2.05) is 24.0 Å². The van der Waals surface area contributed by atoms with E-state index >= 15 is 0 Å². The van der Waals surface area contributed by atoms with Crippen LogP contribution in [0.4, 0.5) is 8.78 Å². The van der Waals surface area contributed by atoms with E-state index in [0.717, 1.165) is 10.1 Å². The van der Waals surface area contributed by atoms with Crippen molar-refractivity contribution in [1.82, 2.24) is 19.4 Å². The van der Waals surface area contributed by atoms with Gasteiger partial charge in [0.05, 0.1) is 23.7 Å². The molecular formula is C18H20F2N4O. The molecule has 0 radical (unpaired) electrons. The Labute approximate surface area is 144 Å². The van der Waals surface area contributed by atoms with E-state index in [2.05, 4.69) is 9.97 Å². The van der Waals surface area contributed by atoms with Crippen molar-refractivity contribution < 1.29 is 13.9 Å². The van der Waals surface area contributed by atoms with Crippen LogP contribution in [-0.4, -0.2) is 37.7 Å². The monoisotopic (exact) mass is 346 g/mol. The number of hydrogen-bond donors (Lipinski definition) is 1. The first kappa shape index (κ1) is 17.4. The fraction of sp³-hybridized carbons (Fsp3) is 0.333. The normalized spacial score (nSPS) is 13.0. The summed E-state index contributed by atoms with van der Waals surface area (Å²) in [6.07, 6.45) is 3.41. The van der Waals surface area contributed by atoms with Gasteiger partial charge in [0, 0.05) is 25.5 Å². The third-order valence-corrected chi connectivity index (χ3v) is 4.24. The van der Waals surface area contributed by atoms with Crippen LogP contribution in [-0.2, 0) is 6.54 Å². The standard InChI is InChI=1S/C18H20F2N4O/c1-13(23(9-10-25)12-14-5-4-8-21-11-14)17-22-15-6-2-3-7-16(15)24(17)18(19)20/h2-8,11,13,18,25H,9-10,12H2,1H3. The van der Waals surface area contributed by atoms with Gasteiger partial charge in [-0.25, -0.2) is 4.98 Å². The number of imidazole rings is 1. The molecule has 0 saturated carbocycles. The average molecular weight is 346 g/mol. The number of aliphatic hydroxyl groups is 1. The second kappa shape index (κ2) is 7.67. The summed E-state index contributed by atoms with van der Waals surface area (Å²) in [5.74, 6) is 0.286. The lowest BCUT2D eigenvalue weighted by Crippen LogP contribution is -2.31. The summed E-state index contributed by atoms with van der Waals surface area (Å²) in [7, 11) is 0. The molecule has 25 heavy (non-hydrogen) atoms. The number of pyridine rings is 1. The molecule has 2 aromatic heterocycles. The number of benzene rings is 1. The lowest BCUT2D eigenvalue weighted by molar-refractivity contribution is 0.0622. The summed E-state index contributed by atoms with van der Waals surface area (Å²) in [4.78, 5) is 10.4. The zero-order chi connectivity index (χ0) is 17.8. The van der Waals surface area contributed by atoms with Crippen molar-refractivity contribution in [3.8, 4) is 0 Å². The van der Waals surface area contributed by atoms with E-state index in [1.54, 1.807) is 36.7 Å². The Hall–Kier alpha value is -2.38. The number of halogens is 2. The Morgan fingerprint density at radius 1 is 1.20 bits per heavy atom. The molecule has 1 unspecified atom stereocenters. The van der Waals surface area contributed by atoms with Gasteiger partial charge < -0.3 is 5.11 Å². The quantitative estimate of drug-likeness (QED) is 0.713. The van der Waals surface area contributed by atoms with Gasteiger partial charge in [0.15, 0.2) is 0 Å². The van der Waals surface area contributed by atoms with Crippen molar-refractivity contribution in [2.75, 3.05) is 13.2 Å². The first-order chi connectivity index (χ1) is 12.1. The van der Waals surface area contributed by atoms with Gasteiger partial charge >= 0.3 is 6.55 Å². The first-order valence-electron chi connectivity index (χ1n) is 8.10. The van der Waals surface area contributed by atoms with Gasteiger partial charge in [-0.15, -0.1) is 0 Å². The Bertz CT molecular complexity index is 822. The smallest absolute Gasteiger partial charge is 0.320 e. The molecule has 0 spiro atoms. The molecule has 132 valence electrons. The molecule has 0 bridgehead atoms. The number of aliphatic hydroxyl groups excluding tert-OH is 1. The SMILES string of the molecule is CC(c1nc2ccccc2n1C(F)F)N(CCO)Cc1cccnc1. The third-order valence-electron chi connectivity index (χ3n) is 4.24. The summed E-state index contributed by atoms with van der Waals surface area (Å²) in [5.41, 5.74) is 1.89. The fourth-order valence-corrected chi connectivity index (χ4v) is 2.99. The molecule has 0 aliphatic rings. The van der Waals surface area contributed by atoms with Crippen molar-refractivity contribution >= 4 is 11.0 Å². The summed E-state index contributed by atoms with van der Waals surface area (Å²) in [6.45, 7) is -0.0879. The summed E-state index contributed by atoms with van der Waals surface area (Å²) >= 11 is 0. The van der Waals surface area contributed by atoms with Crippen LogP contribution in [0.2, 0.25) is 0 Å². The van der Waals surface area contributed by atoms with E-state index in [1.165, 1.54) is 0 Å². The van der Waals surface area contributed by atoms with Gasteiger partial charge in [0.25, 0.3) is 0 Å². The van der Waals surface area contributed by atoms with Crippen LogP contribution in [0.3, 0.4) is 0 Å². The highest BCUT2D eigenvalue weighted by molar-refractivity contribution is 5.76. The van der Waals surface area contributed by atoms with Gasteiger partial charge in [-0.05, 0) is 30.7 Å². The number of aromatic nitrogens is 3. The van der Waals surface area contributed by atoms with Crippen LogP contribution in [0, 0.1) is 0 Å². The zero-order valence-electron chi connectivity index (χ0n) is 13.9. The second-order valence-corrected chi connectivity index (χ2v) is 5.84. The van der Waals surface area contributed by atoms with E-state index < -0.39 is 12.6 Å². The molecule has 1 N–H and O–H groups in total. The van der Waals surface area contributed by atoms with Crippen LogP contribution in [0.1, 0.15) is 30.9 Å². The second-order valence-electron chi connectivity index (χ2n) is 5.84. The predicted octanol–water partition coefficient (Wildman–Crippen LogP) is 3.38. The molecule has 2 heterocycles. The van der Waals surface area contributed by atoms with Crippen molar-refractivity contribution in [3.63, 3.8) is 0 Å². The fourth-order valence-electron chi connectivity index (χ4n) is 2.99. The molecule has 0 amide bonds. The number of rotatable bonds is 7. The highest BCUT2D eigenvalue weighted by Crippen LogP contribution is 2.29. The number of nitrogens with zero attached hydrogens (tertiary/aromatic N) is 4. The largest absolute Gasteiger partial charge is 0.395 e. The average Bonchev–Trinajstić information content (AvgIpc) is 3.01. The molecule has 3 aromatic rings. The van der Waals surface area contributed by atoms with Crippen LogP contribution in [0.15, 0.2) is 48.8 Å². The Morgan fingerprint density at radius 3 is 2.68 bits per heavy atom. The van der Waals surface area contributed by atoms with E-state index in [4.69, 9.17) is 0 Å². The van der Waals surface area contributed by atoms with Gasteiger partial charge in [-0.1, -0.05) is 18.2 Å². The van der Waals surface area contributed by atoms with Crippen molar-refractivity contribution in [1.29, 1.82) is 0 Å². The minimum Gasteiger partial charge on any atom is -0.395 e. The lowest BCUT2D eigenvalue weighted by atomic mass is 10.2.